The molecule has 1 fully saturated rings. The molecule has 30 heavy (non-hydrogen) atoms. The van der Waals surface area contributed by atoms with Crippen molar-refractivity contribution in [2.45, 2.75) is 37.8 Å². The highest BCUT2D eigenvalue weighted by Gasteiger charge is 2.32. The predicted molar refractivity (Wildman–Crippen MR) is 118 cm³/mol. The number of hydrogen-bond donors (Lipinski definition) is 2. The smallest absolute Gasteiger partial charge is 0.261 e. The van der Waals surface area contributed by atoms with Gasteiger partial charge < -0.3 is 15.5 Å². The van der Waals surface area contributed by atoms with E-state index in [1.165, 1.54) is 16.2 Å². The third kappa shape index (κ3) is 5.57. The van der Waals surface area contributed by atoms with Crippen molar-refractivity contribution >= 4 is 29.1 Å². The van der Waals surface area contributed by atoms with Gasteiger partial charge in [0.1, 0.15) is 6.04 Å². The van der Waals surface area contributed by atoms with E-state index in [-0.39, 0.29) is 36.9 Å². The normalized spacial score (nSPS) is 14.7. The van der Waals surface area contributed by atoms with Crippen LogP contribution in [-0.2, 0) is 9.59 Å². The molecule has 0 unspecified atom stereocenters. The van der Waals surface area contributed by atoms with Crippen molar-refractivity contribution in [3.05, 3.63) is 70.9 Å². The summed E-state index contributed by atoms with van der Waals surface area (Å²) in [4.78, 5) is 40.5. The first-order valence-corrected chi connectivity index (χ1v) is 11.1. The van der Waals surface area contributed by atoms with Crippen molar-refractivity contribution in [1.29, 1.82) is 0 Å². The Balaban J connectivity index is 1.77. The molecule has 1 saturated carbocycles. The molecule has 6 nitrogen and oxygen atoms in total. The molecule has 3 amide bonds. The van der Waals surface area contributed by atoms with Gasteiger partial charge in [0.25, 0.3) is 5.91 Å². The molecule has 0 aliphatic heterocycles. The highest BCUT2D eigenvalue weighted by atomic mass is 32.1. The van der Waals surface area contributed by atoms with Crippen molar-refractivity contribution in [2.75, 3.05) is 13.1 Å². The maximum absolute atomic E-state index is 13.2. The van der Waals surface area contributed by atoms with E-state index in [1.54, 1.807) is 23.6 Å². The molecule has 0 saturated heterocycles. The minimum atomic E-state index is -0.782. The molecule has 0 radical (unpaired) electrons. The van der Waals surface area contributed by atoms with Crippen LogP contribution in [-0.4, -0.2) is 41.8 Å². The lowest BCUT2D eigenvalue weighted by molar-refractivity contribution is -0.139. The average molecular weight is 426 g/mol. The Morgan fingerprint density at radius 3 is 2.50 bits per heavy atom. The van der Waals surface area contributed by atoms with Crippen LogP contribution in [0.2, 0.25) is 0 Å². The minimum Gasteiger partial charge on any atom is -0.351 e. The molecule has 7 heteroatoms. The van der Waals surface area contributed by atoms with Gasteiger partial charge in [0, 0.05) is 12.6 Å². The maximum atomic E-state index is 13.2. The summed E-state index contributed by atoms with van der Waals surface area (Å²) in [6.07, 6.45) is 5.72. The van der Waals surface area contributed by atoms with E-state index in [0.717, 1.165) is 31.2 Å². The summed E-state index contributed by atoms with van der Waals surface area (Å²) in [6, 6.07) is 12.1. The number of rotatable bonds is 9. The van der Waals surface area contributed by atoms with E-state index >= 15 is 0 Å². The maximum Gasteiger partial charge on any atom is 0.261 e. The topological polar surface area (TPSA) is 78.5 Å². The molecule has 158 valence electrons. The molecule has 1 aliphatic carbocycles. The van der Waals surface area contributed by atoms with Crippen LogP contribution in [0.25, 0.3) is 0 Å². The van der Waals surface area contributed by atoms with Crippen molar-refractivity contribution in [3.63, 3.8) is 0 Å². The molecule has 1 aromatic heterocycles. The van der Waals surface area contributed by atoms with Gasteiger partial charge in [0.05, 0.1) is 11.4 Å². The van der Waals surface area contributed by atoms with E-state index < -0.39 is 6.04 Å². The van der Waals surface area contributed by atoms with Gasteiger partial charge in [-0.05, 0) is 29.9 Å². The third-order valence-electron chi connectivity index (χ3n) is 5.17. The molecule has 1 aromatic carbocycles. The van der Waals surface area contributed by atoms with Crippen LogP contribution in [0.3, 0.4) is 0 Å². The number of hydrogen-bond acceptors (Lipinski definition) is 4. The molecular formula is C23H27N3O3S. The third-order valence-corrected chi connectivity index (χ3v) is 6.04. The Morgan fingerprint density at radius 2 is 1.87 bits per heavy atom. The average Bonchev–Trinajstić information content (AvgIpc) is 3.46. The quantitative estimate of drug-likeness (QED) is 0.605. The lowest BCUT2D eigenvalue weighted by Gasteiger charge is -2.31. The second-order valence-corrected chi connectivity index (χ2v) is 8.25. The van der Waals surface area contributed by atoms with Gasteiger partial charge in [-0.1, -0.05) is 55.3 Å². The zero-order valence-corrected chi connectivity index (χ0v) is 17.7. The van der Waals surface area contributed by atoms with Crippen molar-refractivity contribution in [3.8, 4) is 0 Å². The van der Waals surface area contributed by atoms with Crippen LogP contribution in [0.15, 0.2) is 60.5 Å². The Hall–Kier alpha value is -2.93. The first-order valence-electron chi connectivity index (χ1n) is 10.2. The highest BCUT2D eigenvalue weighted by Crippen LogP contribution is 2.24. The van der Waals surface area contributed by atoms with Crippen molar-refractivity contribution in [1.82, 2.24) is 15.5 Å². The van der Waals surface area contributed by atoms with E-state index in [2.05, 4.69) is 17.2 Å². The van der Waals surface area contributed by atoms with Crippen LogP contribution >= 0.6 is 11.3 Å². The Kier molecular flexibility index (Phi) is 7.79. The fraction of sp³-hybridized carbons (Fsp3) is 0.348. The summed E-state index contributed by atoms with van der Waals surface area (Å²) in [5.41, 5.74) is 0.729. The standard InChI is InChI=1S/C23H27N3O3S/c1-2-14-26(20(27)16-24-22(28)19-13-8-15-30-19)21(17-9-4-3-5-10-17)23(29)25-18-11-6-7-12-18/h2-5,8-10,13,15,18,21H,1,6-7,11-12,14,16H2,(H,24,28)(H,25,29)/t21-/m0/s1. The fourth-order valence-corrected chi connectivity index (χ4v) is 4.34. The number of nitrogens with one attached hydrogen (secondary N) is 2. The SMILES string of the molecule is C=CCN(C(=O)CNC(=O)c1cccs1)[C@H](C(=O)NC1CCCC1)c1ccccc1. The number of nitrogens with zero attached hydrogens (tertiary/aromatic N) is 1. The molecule has 0 spiro atoms. The fourth-order valence-electron chi connectivity index (χ4n) is 3.70. The second-order valence-electron chi connectivity index (χ2n) is 7.30. The van der Waals surface area contributed by atoms with E-state index in [9.17, 15) is 14.4 Å². The summed E-state index contributed by atoms with van der Waals surface area (Å²) < 4.78 is 0. The summed E-state index contributed by atoms with van der Waals surface area (Å²) in [7, 11) is 0. The predicted octanol–water partition coefficient (Wildman–Crippen LogP) is 3.29. The first-order chi connectivity index (χ1) is 14.6. The molecule has 0 bridgehead atoms. The first kappa shape index (κ1) is 21.8. The summed E-state index contributed by atoms with van der Waals surface area (Å²) >= 11 is 1.31. The van der Waals surface area contributed by atoms with E-state index in [1.807, 2.05) is 30.3 Å². The Labute approximate surface area is 181 Å². The minimum absolute atomic E-state index is 0.142. The van der Waals surface area contributed by atoms with Crippen molar-refractivity contribution in [2.24, 2.45) is 0 Å². The molecule has 1 atom stereocenters. The van der Waals surface area contributed by atoms with Crippen LogP contribution in [0, 0.1) is 0 Å². The largest absolute Gasteiger partial charge is 0.351 e. The van der Waals surface area contributed by atoms with Gasteiger partial charge in [-0.2, -0.15) is 0 Å². The number of carbonyl (C=O) groups is 3. The molecular weight excluding hydrogens is 398 g/mol. The zero-order valence-electron chi connectivity index (χ0n) is 16.9. The molecule has 3 rings (SSSR count). The molecule has 1 aliphatic rings. The lowest BCUT2D eigenvalue weighted by Crippen LogP contribution is -2.48. The van der Waals surface area contributed by atoms with Crippen LogP contribution in [0.4, 0.5) is 0 Å². The Bertz CT molecular complexity index is 861. The zero-order chi connectivity index (χ0) is 21.3. The van der Waals surface area contributed by atoms with Crippen LogP contribution < -0.4 is 10.6 Å². The summed E-state index contributed by atoms with van der Waals surface area (Å²) in [5.74, 6) is -0.841. The molecule has 1 heterocycles. The van der Waals surface area contributed by atoms with Gasteiger partial charge in [-0.25, -0.2) is 0 Å². The second kappa shape index (κ2) is 10.7. The number of carbonyl (C=O) groups excluding carboxylic acids is 3. The van der Waals surface area contributed by atoms with Crippen molar-refractivity contribution < 1.29 is 14.4 Å². The summed E-state index contributed by atoms with van der Waals surface area (Å²) in [5, 5.41) is 7.57. The van der Waals surface area contributed by atoms with E-state index in [0.29, 0.717) is 4.88 Å². The lowest BCUT2D eigenvalue weighted by atomic mass is 10.0. The highest BCUT2D eigenvalue weighted by molar-refractivity contribution is 7.12. The van der Waals surface area contributed by atoms with Gasteiger partial charge >= 0.3 is 0 Å². The molecule has 2 N–H and O–H groups in total. The van der Waals surface area contributed by atoms with E-state index in [4.69, 9.17) is 0 Å². The monoisotopic (exact) mass is 425 g/mol. The number of thiophene rings is 1. The number of benzene rings is 1. The summed E-state index contributed by atoms with van der Waals surface area (Å²) in [6.45, 7) is 3.76. The van der Waals surface area contributed by atoms with Crippen LogP contribution in [0.1, 0.15) is 47.0 Å². The van der Waals surface area contributed by atoms with Gasteiger partial charge in [-0.3, -0.25) is 14.4 Å². The van der Waals surface area contributed by atoms with Gasteiger partial charge in [-0.15, -0.1) is 17.9 Å². The van der Waals surface area contributed by atoms with Gasteiger partial charge in [0.15, 0.2) is 0 Å². The van der Waals surface area contributed by atoms with Crippen LogP contribution in [0.5, 0.6) is 0 Å². The Morgan fingerprint density at radius 1 is 1.13 bits per heavy atom. The van der Waals surface area contributed by atoms with Gasteiger partial charge in [0.2, 0.25) is 11.8 Å². The molecule has 2 aromatic rings. The number of amides is 3.